The number of aromatic nitrogens is 2. The quantitative estimate of drug-likeness (QED) is 0.744. The van der Waals surface area contributed by atoms with Crippen LogP contribution in [0.25, 0.3) is 0 Å². The van der Waals surface area contributed by atoms with E-state index in [9.17, 15) is 14.4 Å². The number of carbonyl (C=O) groups is 3. The number of hydrogen-bond donors (Lipinski definition) is 1. The maximum Gasteiger partial charge on any atom is 0.259 e. The second-order valence-electron chi connectivity index (χ2n) is 8.10. The van der Waals surface area contributed by atoms with Gasteiger partial charge < -0.3 is 9.80 Å². The van der Waals surface area contributed by atoms with Crippen LogP contribution in [-0.2, 0) is 9.59 Å². The summed E-state index contributed by atoms with van der Waals surface area (Å²) in [5, 5.41) is 5.12. The van der Waals surface area contributed by atoms with Crippen LogP contribution in [0, 0.1) is 5.92 Å². The minimum atomic E-state index is -0.224. The van der Waals surface area contributed by atoms with Crippen molar-refractivity contribution in [2.24, 2.45) is 5.92 Å². The van der Waals surface area contributed by atoms with E-state index in [2.05, 4.69) is 15.3 Å². The minimum absolute atomic E-state index is 0.0956. The molecule has 4 heterocycles. The van der Waals surface area contributed by atoms with Crippen LogP contribution in [0.5, 0.6) is 0 Å². The number of anilines is 1. The molecular formula is C22H27N5O3S. The molecule has 0 spiro atoms. The van der Waals surface area contributed by atoms with E-state index in [4.69, 9.17) is 0 Å². The SMILES string of the molecule is CCCN1C[C@@H](C(=O)N2CCC(c3ccc(C(=O)Nc4nccs4)cn3)CC2)CC1=O. The third-order valence-corrected chi connectivity index (χ3v) is 6.67. The number of hydrogen-bond acceptors (Lipinski definition) is 6. The Morgan fingerprint density at radius 2 is 2.03 bits per heavy atom. The molecule has 8 nitrogen and oxygen atoms in total. The molecule has 2 aliphatic rings. The van der Waals surface area contributed by atoms with Gasteiger partial charge in [0.15, 0.2) is 5.13 Å². The summed E-state index contributed by atoms with van der Waals surface area (Å²) in [5.74, 6) is 0.0368. The maximum atomic E-state index is 12.9. The summed E-state index contributed by atoms with van der Waals surface area (Å²) in [7, 11) is 0. The number of thiazole rings is 1. The summed E-state index contributed by atoms with van der Waals surface area (Å²) in [4.78, 5) is 49.5. The Morgan fingerprint density at radius 1 is 1.23 bits per heavy atom. The van der Waals surface area contributed by atoms with Crippen LogP contribution in [-0.4, -0.2) is 63.7 Å². The Balaban J connectivity index is 1.29. The molecule has 0 bridgehead atoms. The number of nitrogens with zero attached hydrogens (tertiary/aromatic N) is 4. The highest BCUT2D eigenvalue weighted by Gasteiger charge is 2.37. The molecule has 31 heavy (non-hydrogen) atoms. The number of pyridine rings is 1. The Morgan fingerprint density at radius 3 is 2.68 bits per heavy atom. The molecule has 2 fully saturated rings. The number of likely N-dealkylation sites (tertiary alicyclic amines) is 2. The molecule has 2 aromatic heterocycles. The molecular weight excluding hydrogens is 414 g/mol. The molecule has 3 amide bonds. The van der Waals surface area contributed by atoms with Crippen molar-refractivity contribution in [2.45, 2.75) is 38.5 Å². The van der Waals surface area contributed by atoms with Crippen LogP contribution in [0.15, 0.2) is 29.9 Å². The zero-order valence-corrected chi connectivity index (χ0v) is 18.4. The van der Waals surface area contributed by atoms with Crippen molar-refractivity contribution in [2.75, 3.05) is 31.5 Å². The highest BCUT2D eigenvalue weighted by atomic mass is 32.1. The zero-order chi connectivity index (χ0) is 21.8. The van der Waals surface area contributed by atoms with Crippen LogP contribution in [0.1, 0.15) is 54.6 Å². The van der Waals surface area contributed by atoms with E-state index >= 15 is 0 Å². The molecule has 0 aromatic carbocycles. The second-order valence-corrected chi connectivity index (χ2v) is 9.00. The third kappa shape index (κ3) is 4.92. The van der Waals surface area contributed by atoms with Crippen molar-refractivity contribution in [1.82, 2.24) is 19.8 Å². The summed E-state index contributed by atoms with van der Waals surface area (Å²) >= 11 is 1.37. The van der Waals surface area contributed by atoms with Gasteiger partial charge in [-0.05, 0) is 31.4 Å². The highest BCUT2D eigenvalue weighted by molar-refractivity contribution is 7.13. The smallest absolute Gasteiger partial charge is 0.259 e. The largest absolute Gasteiger partial charge is 0.342 e. The van der Waals surface area contributed by atoms with Gasteiger partial charge in [0.2, 0.25) is 11.8 Å². The predicted molar refractivity (Wildman–Crippen MR) is 118 cm³/mol. The molecule has 0 unspecified atom stereocenters. The van der Waals surface area contributed by atoms with E-state index in [0.29, 0.717) is 36.8 Å². The first-order valence-electron chi connectivity index (χ1n) is 10.8. The molecule has 0 aliphatic carbocycles. The molecule has 2 aliphatic heterocycles. The number of carbonyl (C=O) groups excluding carboxylic acids is 3. The third-order valence-electron chi connectivity index (χ3n) is 5.98. The summed E-state index contributed by atoms with van der Waals surface area (Å²) < 4.78 is 0. The van der Waals surface area contributed by atoms with Crippen LogP contribution < -0.4 is 5.32 Å². The molecule has 9 heteroatoms. The van der Waals surface area contributed by atoms with Crippen LogP contribution >= 0.6 is 11.3 Å². The summed E-state index contributed by atoms with van der Waals surface area (Å²) in [6.07, 6.45) is 6.17. The zero-order valence-electron chi connectivity index (χ0n) is 17.6. The van der Waals surface area contributed by atoms with Gasteiger partial charge in [0.05, 0.1) is 11.5 Å². The molecule has 1 atom stereocenters. The van der Waals surface area contributed by atoms with Crippen molar-refractivity contribution in [3.05, 3.63) is 41.2 Å². The first-order chi connectivity index (χ1) is 15.0. The van der Waals surface area contributed by atoms with Crippen molar-refractivity contribution in [3.8, 4) is 0 Å². The Bertz CT molecular complexity index is 923. The maximum absolute atomic E-state index is 12.9. The van der Waals surface area contributed by atoms with E-state index in [-0.39, 0.29) is 29.6 Å². The minimum Gasteiger partial charge on any atom is -0.342 e. The van der Waals surface area contributed by atoms with Crippen molar-refractivity contribution >= 4 is 34.2 Å². The lowest BCUT2D eigenvalue weighted by molar-refractivity contribution is -0.136. The van der Waals surface area contributed by atoms with Gasteiger partial charge in [-0.2, -0.15) is 0 Å². The van der Waals surface area contributed by atoms with Gasteiger partial charge in [-0.1, -0.05) is 6.92 Å². The molecule has 4 rings (SSSR count). The average Bonchev–Trinajstić information content (AvgIpc) is 3.43. The first kappa shape index (κ1) is 21.4. The van der Waals surface area contributed by atoms with Crippen LogP contribution in [0.2, 0.25) is 0 Å². The molecule has 164 valence electrons. The number of nitrogens with one attached hydrogen (secondary N) is 1. The van der Waals surface area contributed by atoms with E-state index in [1.807, 2.05) is 22.8 Å². The van der Waals surface area contributed by atoms with Crippen molar-refractivity contribution in [1.29, 1.82) is 0 Å². The normalized spacial score (nSPS) is 19.6. The number of rotatable bonds is 6. The first-order valence-corrected chi connectivity index (χ1v) is 11.7. The topological polar surface area (TPSA) is 95.5 Å². The van der Waals surface area contributed by atoms with Crippen molar-refractivity contribution in [3.63, 3.8) is 0 Å². The van der Waals surface area contributed by atoms with Gasteiger partial charge in [-0.3, -0.25) is 24.7 Å². The molecule has 0 saturated carbocycles. The molecule has 2 aromatic rings. The standard InChI is InChI=1S/C22H27N5O3S/c1-2-8-27-14-17(12-19(27)28)21(30)26-9-5-15(6-10-26)18-4-3-16(13-24-18)20(29)25-22-23-7-11-31-22/h3-4,7,11,13,15,17H,2,5-6,8-10,12,14H2,1H3,(H,23,25,29)/t17-/m0/s1. The number of piperidine rings is 1. The fourth-order valence-electron chi connectivity index (χ4n) is 4.31. The second kappa shape index (κ2) is 9.55. The average molecular weight is 442 g/mol. The highest BCUT2D eigenvalue weighted by Crippen LogP contribution is 2.29. The lowest BCUT2D eigenvalue weighted by Gasteiger charge is -2.33. The predicted octanol–water partition coefficient (Wildman–Crippen LogP) is 2.75. The van der Waals surface area contributed by atoms with Crippen molar-refractivity contribution < 1.29 is 14.4 Å². The fourth-order valence-corrected chi connectivity index (χ4v) is 4.84. The summed E-state index contributed by atoms with van der Waals surface area (Å²) in [5.41, 5.74) is 1.44. The molecule has 1 N–H and O–H groups in total. The van der Waals surface area contributed by atoms with E-state index in [1.165, 1.54) is 11.3 Å². The number of amides is 3. The molecule has 2 saturated heterocycles. The van der Waals surface area contributed by atoms with Crippen LogP contribution in [0.4, 0.5) is 5.13 Å². The van der Waals surface area contributed by atoms with E-state index in [0.717, 1.165) is 31.5 Å². The molecule has 0 radical (unpaired) electrons. The van der Waals surface area contributed by atoms with Gasteiger partial charge >= 0.3 is 0 Å². The Kier molecular flexibility index (Phi) is 6.60. The summed E-state index contributed by atoms with van der Waals surface area (Å²) in [6.45, 7) is 4.68. The van der Waals surface area contributed by atoms with Gasteiger partial charge in [0.1, 0.15) is 0 Å². The summed E-state index contributed by atoms with van der Waals surface area (Å²) in [6, 6.07) is 3.69. The monoisotopic (exact) mass is 441 g/mol. The van der Waals surface area contributed by atoms with Gasteiger partial charge in [0, 0.05) is 62.0 Å². The Hall–Kier alpha value is -2.81. The van der Waals surface area contributed by atoms with Gasteiger partial charge in [-0.25, -0.2) is 4.98 Å². The lowest BCUT2D eigenvalue weighted by atomic mass is 9.92. The van der Waals surface area contributed by atoms with Gasteiger partial charge in [0.25, 0.3) is 5.91 Å². The lowest BCUT2D eigenvalue weighted by Crippen LogP contribution is -2.42. The fraction of sp³-hybridized carbons (Fsp3) is 0.500. The van der Waals surface area contributed by atoms with Crippen LogP contribution in [0.3, 0.4) is 0 Å². The van der Waals surface area contributed by atoms with Gasteiger partial charge in [-0.15, -0.1) is 11.3 Å². The Labute approximate surface area is 185 Å². The van der Waals surface area contributed by atoms with E-state index < -0.39 is 0 Å². The van der Waals surface area contributed by atoms with E-state index in [1.54, 1.807) is 23.8 Å².